The van der Waals surface area contributed by atoms with Gasteiger partial charge in [0.15, 0.2) is 6.61 Å². The summed E-state index contributed by atoms with van der Waals surface area (Å²) in [6.07, 6.45) is 0.729. The van der Waals surface area contributed by atoms with Crippen molar-refractivity contribution in [1.29, 1.82) is 0 Å². The molecule has 5 nitrogen and oxygen atoms in total. The Bertz CT molecular complexity index is 586. The molecule has 0 amide bonds. The van der Waals surface area contributed by atoms with Crippen molar-refractivity contribution in [1.82, 2.24) is 15.5 Å². The summed E-state index contributed by atoms with van der Waals surface area (Å²) >= 11 is 3.48. The molecule has 0 spiro atoms. The van der Waals surface area contributed by atoms with Crippen LogP contribution in [-0.2, 0) is 13.0 Å². The zero-order chi connectivity index (χ0) is 15.2. The van der Waals surface area contributed by atoms with Crippen LogP contribution < -0.4 is 10.1 Å². The highest BCUT2D eigenvalue weighted by Crippen LogP contribution is 2.29. The SMILES string of the molecule is CCNC(C)c1ccc(Br)cc1OCc1noc(CC)n1. The van der Waals surface area contributed by atoms with E-state index in [1.165, 1.54) is 0 Å². The Morgan fingerprint density at radius 3 is 2.86 bits per heavy atom. The first kappa shape index (κ1) is 16.0. The Labute approximate surface area is 133 Å². The van der Waals surface area contributed by atoms with Gasteiger partial charge in [0.1, 0.15) is 5.75 Å². The number of aromatic nitrogens is 2. The largest absolute Gasteiger partial charge is 0.485 e. The van der Waals surface area contributed by atoms with Gasteiger partial charge in [0.25, 0.3) is 0 Å². The summed E-state index contributed by atoms with van der Waals surface area (Å²) in [5.41, 5.74) is 1.11. The summed E-state index contributed by atoms with van der Waals surface area (Å²) in [4.78, 5) is 4.25. The van der Waals surface area contributed by atoms with E-state index in [4.69, 9.17) is 9.26 Å². The lowest BCUT2D eigenvalue weighted by molar-refractivity contribution is 0.280. The molecule has 114 valence electrons. The first-order valence-electron chi connectivity index (χ1n) is 7.11. The van der Waals surface area contributed by atoms with Gasteiger partial charge in [-0.25, -0.2) is 0 Å². The number of halogens is 1. The Morgan fingerprint density at radius 1 is 1.38 bits per heavy atom. The molecule has 1 aromatic heterocycles. The molecule has 0 saturated heterocycles. The van der Waals surface area contributed by atoms with Crippen molar-refractivity contribution in [3.63, 3.8) is 0 Å². The molecule has 1 aromatic carbocycles. The molecule has 6 heteroatoms. The third-order valence-electron chi connectivity index (χ3n) is 3.12. The van der Waals surface area contributed by atoms with E-state index in [2.05, 4.69) is 51.3 Å². The zero-order valence-electron chi connectivity index (χ0n) is 12.5. The average molecular weight is 354 g/mol. The second-order valence-corrected chi connectivity index (χ2v) is 5.62. The predicted molar refractivity (Wildman–Crippen MR) is 84.2 cm³/mol. The number of ether oxygens (including phenoxy) is 1. The van der Waals surface area contributed by atoms with E-state index in [9.17, 15) is 0 Å². The molecule has 1 unspecified atom stereocenters. The first-order chi connectivity index (χ1) is 10.1. The van der Waals surface area contributed by atoms with Gasteiger partial charge in [-0.2, -0.15) is 4.98 Å². The Kier molecular flexibility index (Phi) is 5.76. The summed E-state index contributed by atoms with van der Waals surface area (Å²) in [6, 6.07) is 6.25. The van der Waals surface area contributed by atoms with E-state index in [0.29, 0.717) is 18.3 Å². The van der Waals surface area contributed by atoms with Crippen molar-refractivity contribution < 1.29 is 9.26 Å². The molecule has 0 aliphatic rings. The highest BCUT2D eigenvalue weighted by molar-refractivity contribution is 9.10. The number of rotatable bonds is 7. The van der Waals surface area contributed by atoms with Gasteiger partial charge in [-0.1, -0.05) is 41.0 Å². The van der Waals surface area contributed by atoms with Crippen LogP contribution in [0.1, 0.15) is 44.1 Å². The normalized spacial score (nSPS) is 12.4. The maximum atomic E-state index is 5.87. The zero-order valence-corrected chi connectivity index (χ0v) is 14.1. The lowest BCUT2D eigenvalue weighted by Gasteiger charge is -2.17. The van der Waals surface area contributed by atoms with Crippen LogP contribution in [0.5, 0.6) is 5.75 Å². The van der Waals surface area contributed by atoms with Crippen LogP contribution in [0.3, 0.4) is 0 Å². The van der Waals surface area contributed by atoms with Crippen molar-refractivity contribution in [2.75, 3.05) is 6.54 Å². The second kappa shape index (κ2) is 7.56. The molecule has 1 heterocycles. The van der Waals surface area contributed by atoms with E-state index in [1.807, 2.05) is 19.1 Å². The minimum atomic E-state index is 0.217. The van der Waals surface area contributed by atoms with Crippen molar-refractivity contribution in [2.45, 2.75) is 39.8 Å². The van der Waals surface area contributed by atoms with E-state index in [-0.39, 0.29) is 6.04 Å². The van der Waals surface area contributed by atoms with Crippen LogP contribution in [0.25, 0.3) is 0 Å². The van der Waals surface area contributed by atoms with Crippen molar-refractivity contribution >= 4 is 15.9 Å². The second-order valence-electron chi connectivity index (χ2n) is 4.71. The molecule has 0 saturated carbocycles. The number of hydrogen-bond acceptors (Lipinski definition) is 5. The minimum Gasteiger partial charge on any atom is -0.485 e. The fourth-order valence-corrected chi connectivity index (χ4v) is 2.38. The molecule has 2 aromatic rings. The van der Waals surface area contributed by atoms with E-state index < -0.39 is 0 Å². The van der Waals surface area contributed by atoms with Crippen LogP contribution in [-0.4, -0.2) is 16.7 Å². The third kappa shape index (κ3) is 4.28. The first-order valence-corrected chi connectivity index (χ1v) is 7.90. The van der Waals surface area contributed by atoms with Gasteiger partial charge in [-0.3, -0.25) is 0 Å². The molecule has 0 aliphatic carbocycles. The summed E-state index contributed by atoms with van der Waals surface area (Å²) in [5.74, 6) is 2.01. The molecule has 1 atom stereocenters. The fourth-order valence-electron chi connectivity index (χ4n) is 2.04. The van der Waals surface area contributed by atoms with Gasteiger partial charge in [0.2, 0.25) is 11.7 Å². The molecular weight excluding hydrogens is 334 g/mol. The minimum absolute atomic E-state index is 0.217. The number of benzene rings is 1. The maximum Gasteiger partial charge on any atom is 0.226 e. The van der Waals surface area contributed by atoms with Gasteiger partial charge < -0.3 is 14.6 Å². The molecule has 0 bridgehead atoms. The highest BCUT2D eigenvalue weighted by atomic mass is 79.9. The van der Waals surface area contributed by atoms with Crippen LogP contribution in [0.4, 0.5) is 0 Å². The van der Waals surface area contributed by atoms with Crippen LogP contribution >= 0.6 is 15.9 Å². The standard InChI is InChI=1S/C15H20BrN3O2/c1-4-15-18-14(19-21-15)9-20-13-8-11(16)6-7-12(13)10(3)17-5-2/h6-8,10,17H,4-5,9H2,1-3H3. The Balaban J connectivity index is 2.12. The Hall–Kier alpha value is -1.40. The Morgan fingerprint density at radius 2 is 2.19 bits per heavy atom. The van der Waals surface area contributed by atoms with E-state index in [1.54, 1.807) is 0 Å². The van der Waals surface area contributed by atoms with E-state index in [0.717, 1.165) is 28.8 Å². The van der Waals surface area contributed by atoms with Gasteiger partial charge >= 0.3 is 0 Å². The van der Waals surface area contributed by atoms with Gasteiger partial charge in [-0.05, 0) is 25.6 Å². The molecule has 2 rings (SSSR count). The smallest absolute Gasteiger partial charge is 0.226 e. The van der Waals surface area contributed by atoms with Gasteiger partial charge in [-0.15, -0.1) is 0 Å². The lowest BCUT2D eigenvalue weighted by atomic mass is 10.1. The molecule has 0 fully saturated rings. The number of nitrogens with one attached hydrogen (secondary N) is 1. The summed E-state index contributed by atoms with van der Waals surface area (Å²) in [7, 11) is 0. The third-order valence-corrected chi connectivity index (χ3v) is 3.62. The quantitative estimate of drug-likeness (QED) is 0.823. The van der Waals surface area contributed by atoms with Crippen LogP contribution in [0.15, 0.2) is 27.2 Å². The predicted octanol–water partition coefficient (Wildman–Crippen LogP) is 3.64. The van der Waals surface area contributed by atoms with Crippen LogP contribution in [0.2, 0.25) is 0 Å². The average Bonchev–Trinajstić information content (AvgIpc) is 2.93. The molecule has 0 radical (unpaired) electrons. The summed E-state index contributed by atoms with van der Waals surface area (Å²) in [5, 5.41) is 7.28. The van der Waals surface area contributed by atoms with Gasteiger partial charge in [0.05, 0.1) is 0 Å². The monoisotopic (exact) mass is 353 g/mol. The number of nitrogens with zero attached hydrogens (tertiary/aromatic N) is 2. The summed E-state index contributed by atoms with van der Waals surface area (Å²) < 4.78 is 11.9. The van der Waals surface area contributed by atoms with Crippen molar-refractivity contribution in [2.24, 2.45) is 0 Å². The molecule has 1 N–H and O–H groups in total. The van der Waals surface area contributed by atoms with Gasteiger partial charge in [0, 0.05) is 22.5 Å². The molecule has 21 heavy (non-hydrogen) atoms. The lowest BCUT2D eigenvalue weighted by Crippen LogP contribution is -2.18. The molecular formula is C15H20BrN3O2. The maximum absolute atomic E-state index is 5.87. The topological polar surface area (TPSA) is 60.2 Å². The highest BCUT2D eigenvalue weighted by Gasteiger charge is 2.13. The fraction of sp³-hybridized carbons (Fsp3) is 0.467. The van der Waals surface area contributed by atoms with Crippen molar-refractivity contribution in [3.05, 3.63) is 40.0 Å². The van der Waals surface area contributed by atoms with E-state index >= 15 is 0 Å². The van der Waals surface area contributed by atoms with Crippen LogP contribution in [0, 0.1) is 0 Å². The number of hydrogen-bond donors (Lipinski definition) is 1. The summed E-state index contributed by atoms with van der Waals surface area (Å²) in [6.45, 7) is 7.38. The van der Waals surface area contributed by atoms with Crippen molar-refractivity contribution in [3.8, 4) is 5.75 Å². The molecule has 0 aliphatic heterocycles. The number of aryl methyl sites for hydroxylation is 1.